The first kappa shape index (κ1) is 12.0. The van der Waals surface area contributed by atoms with Crippen LogP contribution in [0, 0.1) is 23.7 Å². The Bertz CT molecular complexity index is 117. The van der Waals surface area contributed by atoms with Crippen molar-refractivity contribution in [1.29, 1.82) is 0 Å². The van der Waals surface area contributed by atoms with Gasteiger partial charge in [-0.25, -0.2) is 0 Å². The topological polar surface area (TPSA) is 3.24 Å². The lowest BCUT2D eigenvalue weighted by molar-refractivity contribution is 0.138. The van der Waals surface area contributed by atoms with Gasteiger partial charge in [-0.05, 0) is 44.6 Å². The molecule has 1 fully saturated rings. The molecule has 0 aromatic rings. The molecule has 1 saturated heterocycles. The second kappa shape index (κ2) is 4.22. The molecular weight excluding hydrogens is 170 g/mol. The van der Waals surface area contributed by atoms with Crippen molar-refractivity contribution < 1.29 is 0 Å². The molecule has 0 amide bonds. The maximum atomic E-state index is 2.56. The molecule has 0 N–H and O–H groups in total. The van der Waals surface area contributed by atoms with E-state index >= 15 is 0 Å². The van der Waals surface area contributed by atoms with Gasteiger partial charge < -0.3 is 4.90 Å². The summed E-state index contributed by atoms with van der Waals surface area (Å²) in [6, 6.07) is 1.43. The van der Waals surface area contributed by atoms with Gasteiger partial charge in [-0.1, -0.05) is 27.7 Å². The molecule has 1 aliphatic rings. The summed E-state index contributed by atoms with van der Waals surface area (Å²) in [5.74, 6) is 3.30. The van der Waals surface area contributed by atoms with Gasteiger partial charge in [0.1, 0.15) is 0 Å². The Labute approximate surface area is 89.9 Å². The third kappa shape index (κ3) is 1.84. The molecule has 14 heavy (non-hydrogen) atoms. The normalized spacial score (nSPS) is 51.6. The Balaban J connectivity index is 2.92. The van der Waals surface area contributed by atoms with Crippen LogP contribution < -0.4 is 0 Å². The zero-order valence-electron chi connectivity index (χ0n) is 10.9. The molecule has 1 aliphatic heterocycles. The lowest BCUT2D eigenvalue weighted by Crippen LogP contribution is -2.41. The summed E-state index contributed by atoms with van der Waals surface area (Å²) in [5.41, 5.74) is 0. The van der Waals surface area contributed by atoms with Crippen LogP contribution in [0.4, 0.5) is 0 Å². The van der Waals surface area contributed by atoms with Crippen molar-refractivity contribution in [2.24, 2.45) is 23.7 Å². The second-order valence-electron chi connectivity index (χ2n) is 5.58. The lowest BCUT2D eigenvalue weighted by Gasteiger charge is -2.33. The first-order valence-corrected chi connectivity index (χ1v) is 6.09. The smallest absolute Gasteiger partial charge is 0.00950 e. The van der Waals surface area contributed by atoms with Crippen LogP contribution in [0.5, 0.6) is 0 Å². The van der Waals surface area contributed by atoms with Crippen LogP contribution in [0.2, 0.25) is 0 Å². The third-order valence-corrected chi connectivity index (χ3v) is 5.29. The number of hydrogen-bond donors (Lipinski definition) is 0. The first-order chi connectivity index (χ1) is 6.37. The maximum Gasteiger partial charge on any atom is 0.00950 e. The average Bonchev–Trinajstić information content (AvgIpc) is 2.23. The van der Waals surface area contributed by atoms with Gasteiger partial charge in [0.05, 0.1) is 0 Å². The van der Waals surface area contributed by atoms with Crippen LogP contribution in [0.15, 0.2) is 0 Å². The van der Waals surface area contributed by atoms with Gasteiger partial charge in [-0.15, -0.1) is 0 Å². The van der Waals surface area contributed by atoms with Crippen LogP contribution in [0.1, 0.15) is 41.5 Å². The standard InChI is InChI=1S/C13H27N/c1-8-9(2)11(4)13(6)14(7)12(5)10(8)3/h8-13H,1-7H3. The minimum atomic E-state index is 0.715. The third-order valence-electron chi connectivity index (χ3n) is 5.29. The van der Waals surface area contributed by atoms with Crippen LogP contribution in [-0.2, 0) is 0 Å². The molecule has 6 atom stereocenters. The van der Waals surface area contributed by atoms with E-state index in [2.05, 4.69) is 53.5 Å². The Morgan fingerprint density at radius 2 is 0.857 bits per heavy atom. The maximum absolute atomic E-state index is 2.56. The van der Waals surface area contributed by atoms with Gasteiger partial charge in [-0.2, -0.15) is 0 Å². The predicted octanol–water partition coefficient (Wildman–Crippen LogP) is 3.25. The van der Waals surface area contributed by atoms with E-state index in [4.69, 9.17) is 0 Å². The largest absolute Gasteiger partial charge is 0.300 e. The van der Waals surface area contributed by atoms with Gasteiger partial charge >= 0.3 is 0 Å². The van der Waals surface area contributed by atoms with Crippen molar-refractivity contribution >= 4 is 0 Å². The molecule has 0 aromatic heterocycles. The van der Waals surface area contributed by atoms with Crippen molar-refractivity contribution in [1.82, 2.24) is 4.90 Å². The Morgan fingerprint density at radius 3 is 1.14 bits per heavy atom. The number of hydrogen-bond acceptors (Lipinski definition) is 1. The summed E-state index contributed by atoms with van der Waals surface area (Å²) in [4.78, 5) is 2.56. The molecule has 0 radical (unpaired) electrons. The molecule has 0 saturated carbocycles. The van der Waals surface area contributed by atoms with Gasteiger partial charge in [0, 0.05) is 12.1 Å². The van der Waals surface area contributed by atoms with Crippen molar-refractivity contribution in [2.75, 3.05) is 7.05 Å². The van der Waals surface area contributed by atoms with E-state index in [1.165, 1.54) is 0 Å². The highest BCUT2D eigenvalue weighted by molar-refractivity contribution is 4.89. The summed E-state index contributed by atoms with van der Waals surface area (Å²) >= 11 is 0. The van der Waals surface area contributed by atoms with E-state index in [1.54, 1.807) is 0 Å². The number of rotatable bonds is 0. The molecule has 1 heterocycles. The fraction of sp³-hybridized carbons (Fsp3) is 1.00. The fourth-order valence-corrected chi connectivity index (χ4v) is 2.95. The number of likely N-dealkylation sites (tertiary alicyclic amines) is 1. The second-order valence-corrected chi connectivity index (χ2v) is 5.58. The van der Waals surface area contributed by atoms with E-state index in [9.17, 15) is 0 Å². The zero-order valence-corrected chi connectivity index (χ0v) is 10.9. The molecular formula is C13H27N. The molecule has 1 heteroatoms. The summed E-state index contributed by atoms with van der Waals surface area (Å²) < 4.78 is 0. The van der Waals surface area contributed by atoms with Crippen molar-refractivity contribution in [2.45, 2.75) is 53.6 Å². The van der Waals surface area contributed by atoms with E-state index < -0.39 is 0 Å². The zero-order chi connectivity index (χ0) is 11.0. The molecule has 1 rings (SSSR count). The highest BCUT2D eigenvalue weighted by atomic mass is 15.2. The first-order valence-electron chi connectivity index (χ1n) is 6.09. The van der Waals surface area contributed by atoms with Crippen molar-refractivity contribution in [3.63, 3.8) is 0 Å². The van der Waals surface area contributed by atoms with E-state index in [-0.39, 0.29) is 0 Å². The van der Waals surface area contributed by atoms with Gasteiger partial charge in [0.25, 0.3) is 0 Å². The monoisotopic (exact) mass is 197 g/mol. The Kier molecular flexibility index (Phi) is 3.63. The van der Waals surface area contributed by atoms with Gasteiger partial charge in [0.2, 0.25) is 0 Å². The quantitative estimate of drug-likeness (QED) is 0.576. The molecule has 0 spiro atoms. The average molecular weight is 197 g/mol. The minimum Gasteiger partial charge on any atom is -0.300 e. The fourth-order valence-electron chi connectivity index (χ4n) is 2.95. The summed E-state index contributed by atoms with van der Waals surface area (Å²) in [7, 11) is 2.28. The SMILES string of the molecule is CC1C(C)C(C)C(C)N(C)C(C)C1C. The molecule has 0 bridgehead atoms. The summed E-state index contributed by atoms with van der Waals surface area (Å²) in [6.45, 7) is 14.4. The number of nitrogens with zero attached hydrogens (tertiary/aromatic N) is 1. The molecule has 1 nitrogen and oxygen atoms in total. The molecule has 6 unspecified atom stereocenters. The van der Waals surface area contributed by atoms with Gasteiger partial charge in [0.15, 0.2) is 0 Å². The molecule has 0 aromatic carbocycles. The lowest BCUT2D eigenvalue weighted by atomic mass is 9.77. The van der Waals surface area contributed by atoms with Crippen molar-refractivity contribution in [3.05, 3.63) is 0 Å². The minimum absolute atomic E-state index is 0.715. The van der Waals surface area contributed by atoms with Crippen LogP contribution >= 0.6 is 0 Å². The van der Waals surface area contributed by atoms with E-state index in [0.29, 0.717) is 12.1 Å². The van der Waals surface area contributed by atoms with Crippen LogP contribution in [0.25, 0.3) is 0 Å². The van der Waals surface area contributed by atoms with Crippen LogP contribution in [-0.4, -0.2) is 24.0 Å². The van der Waals surface area contributed by atoms with Crippen molar-refractivity contribution in [3.8, 4) is 0 Å². The van der Waals surface area contributed by atoms with E-state index in [1.807, 2.05) is 0 Å². The van der Waals surface area contributed by atoms with E-state index in [0.717, 1.165) is 23.7 Å². The predicted molar refractivity (Wildman–Crippen MR) is 63.3 cm³/mol. The summed E-state index contributed by atoms with van der Waals surface area (Å²) in [6.07, 6.45) is 0. The molecule has 0 aliphatic carbocycles. The summed E-state index contributed by atoms with van der Waals surface area (Å²) in [5, 5.41) is 0. The molecule has 84 valence electrons. The van der Waals surface area contributed by atoms with Gasteiger partial charge in [-0.3, -0.25) is 0 Å². The highest BCUT2D eigenvalue weighted by Crippen LogP contribution is 2.37. The highest BCUT2D eigenvalue weighted by Gasteiger charge is 2.37. The van der Waals surface area contributed by atoms with Crippen LogP contribution in [0.3, 0.4) is 0 Å². The Morgan fingerprint density at radius 1 is 0.571 bits per heavy atom. The Hall–Kier alpha value is -0.0400.